The highest BCUT2D eigenvalue weighted by atomic mass is 35.5. The molecule has 3 rings (SSSR count). The number of carbonyl (C=O) groups is 2. The lowest BCUT2D eigenvalue weighted by Gasteiger charge is -2.24. The van der Waals surface area contributed by atoms with Gasteiger partial charge in [0.15, 0.2) is 11.5 Å². The topological polar surface area (TPSA) is 67.9 Å². The molecule has 0 spiro atoms. The molecular weight excluding hydrogens is 392 g/mol. The third-order valence-electron chi connectivity index (χ3n) is 5.09. The second kappa shape index (κ2) is 9.65. The number of nitrogens with one attached hydrogen (secondary N) is 1. The summed E-state index contributed by atoms with van der Waals surface area (Å²) in [5.41, 5.74) is 1.87. The first-order chi connectivity index (χ1) is 14.0. The quantitative estimate of drug-likeness (QED) is 0.717. The van der Waals surface area contributed by atoms with Crippen molar-refractivity contribution in [1.82, 2.24) is 10.2 Å². The molecule has 0 unspecified atom stereocenters. The van der Waals surface area contributed by atoms with Crippen LogP contribution >= 0.6 is 11.6 Å². The Kier molecular flexibility index (Phi) is 6.99. The Morgan fingerprint density at radius 3 is 2.66 bits per heavy atom. The van der Waals surface area contributed by atoms with Crippen LogP contribution in [-0.4, -0.2) is 43.5 Å². The van der Waals surface area contributed by atoms with Gasteiger partial charge >= 0.3 is 0 Å². The number of ether oxygens (including phenoxy) is 2. The molecule has 7 heteroatoms. The van der Waals surface area contributed by atoms with E-state index in [4.69, 9.17) is 21.1 Å². The number of benzene rings is 2. The molecule has 2 amide bonds. The minimum atomic E-state index is -0.468. The molecule has 154 valence electrons. The lowest BCUT2D eigenvalue weighted by molar-refractivity contribution is -0.135. The average molecular weight is 417 g/mol. The van der Waals surface area contributed by atoms with Crippen LogP contribution in [0.4, 0.5) is 0 Å². The molecule has 0 bridgehead atoms. The van der Waals surface area contributed by atoms with Gasteiger partial charge in [-0.3, -0.25) is 9.59 Å². The predicted octanol–water partition coefficient (Wildman–Crippen LogP) is 3.21. The summed E-state index contributed by atoms with van der Waals surface area (Å²) < 4.78 is 10.5. The summed E-state index contributed by atoms with van der Waals surface area (Å²) in [6, 6.07) is 12.6. The predicted molar refractivity (Wildman–Crippen MR) is 111 cm³/mol. The molecule has 0 saturated carbocycles. The maximum absolute atomic E-state index is 12.7. The van der Waals surface area contributed by atoms with Gasteiger partial charge in [-0.05, 0) is 42.2 Å². The number of amides is 2. The van der Waals surface area contributed by atoms with Crippen molar-refractivity contribution in [3.05, 3.63) is 58.6 Å². The standard InChI is InChI=1S/C22H25ClN2O4/c1-28-19-9-7-15(13-20(19)29-2)11-12-24-22(27)18-8-10-21(26)25(18)14-16-5-3-4-6-17(16)23/h3-7,9,13,18H,8,10-12,14H2,1-2H3,(H,24,27)/t18-/m1/s1. The zero-order valence-corrected chi connectivity index (χ0v) is 17.4. The molecule has 29 heavy (non-hydrogen) atoms. The van der Waals surface area contributed by atoms with Gasteiger partial charge in [0, 0.05) is 24.5 Å². The highest BCUT2D eigenvalue weighted by Crippen LogP contribution is 2.28. The lowest BCUT2D eigenvalue weighted by atomic mass is 10.1. The van der Waals surface area contributed by atoms with E-state index in [1.165, 1.54) is 0 Å². The van der Waals surface area contributed by atoms with Crippen LogP contribution in [0, 0.1) is 0 Å². The van der Waals surface area contributed by atoms with Crippen LogP contribution in [0.3, 0.4) is 0 Å². The zero-order chi connectivity index (χ0) is 20.8. The molecule has 2 aromatic rings. The molecule has 2 aromatic carbocycles. The smallest absolute Gasteiger partial charge is 0.242 e. The van der Waals surface area contributed by atoms with E-state index in [1.54, 1.807) is 25.2 Å². The highest BCUT2D eigenvalue weighted by Gasteiger charge is 2.36. The van der Waals surface area contributed by atoms with Crippen LogP contribution in [0.5, 0.6) is 11.5 Å². The van der Waals surface area contributed by atoms with Crippen LogP contribution < -0.4 is 14.8 Å². The molecule has 1 heterocycles. The number of nitrogens with zero attached hydrogens (tertiary/aromatic N) is 1. The fourth-order valence-electron chi connectivity index (χ4n) is 3.50. The first kappa shape index (κ1) is 21.0. The lowest BCUT2D eigenvalue weighted by Crippen LogP contribution is -2.44. The first-order valence-corrected chi connectivity index (χ1v) is 9.92. The van der Waals surface area contributed by atoms with E-state index in [9.17, 15) is 9.59 Å². The summed E-state index contributed by atoms with van der Waals surface area (Å²) >= 11 is 6.22. The van der Waals surface area contributed by atoms with Gasteiger partial charge in [-0.2, -0.15) is 0 Å². The van der Waals surface area contributed by atoms with Gasteiger partial charge < -0.3 is 19.7 Å². The third kappa shape index (κ3) is 5.01. The van der Waals surface area contributed by atoms with Crippen molar-refractivity contribution in [2.24, 2.45) is 0 Å². The summed E-state index contributed by atoms with van der Waals surface area (Å²) in [7, 11) is 3.18. The van der Waals surface area contributed by atoms with Crippen molar-refractivity contribution >= 4 is 23.4 Å². The summed E-state index contributed by atoms with van der Waals surface area (Å²) in [5.74, 6) is 1.16. The number of halogens is 1. The van der Waals surface area contributed by atoms with Crippen molar-refractivity contribution < 1.29 is 19.1 Å². The number of rotatable bonds is 8. The van der Waals surface area contributed by atoms with Crippen molar-refractivity contribution in [2.45, 2.75) is 31.8 Å². The Balaban J connectivity index is 1.58. The van der Waals surface area contributed by atoms with Gasteiger partial charge in [0.25, 0.3) is 0 Å². The van der Waals surface area contributed by atoms with E-state index in [1.807, 2.05) is 36.4 Å². The Morgan fingerprint density at radius 1 is 1.17 bits per heavy atom. The van der Waals surface area contributed by atoms with Gasteiger partial charge in [0.1, 0.15) is 6.04 Å². The van der Waals surface area contributed by atoms with Crippen molar-refractivity contribution in [1.29, 1.82) is 0 Å². The fourth-order valence-corrected chi connectivity index (χ4v) is 3.69. The Bertz CT molecular complexity index is 887. The van der Waals surface area contributed by atoms with Crippen LogP contribution in [0.15, 0.2) is 42.5 Å². The number of carbonyl (C=O) groups excluding carboxylic acids is 2. The average Bonchev–Trinajstić information content (AvgIpc) is 3.09. The number of likely N-dealkylation sites (tertiary alicyclic amines) is 1. The Labute approximate surface area is 175 Å². The molecule has 6 nitrogen and oxygen atoms in total. The van der Waals surface area contributed by atoms with Crippen LogP contribution in [0.25, 0.3) is 0 Å². The van der Waals surface area contributed by atoms with Crippen LogP contribution in [0.1, 0.15) is 24.0 Å². The third-order valence-corrected chi connectivity index (χ3v) is 5.46. The maximum Gasteiger partial charge on any atom is 0.242 e. The Hall–Kier alpha value is -2.73. The fraction of sp³-hybridized carbons (Fsp3) is 0.364. The SMILES string of the molecule is COc1ccc(CCNC(=O)[C@H]2CCC(=O)N2Cc2ccccc2Cl)cc1OC. The molecule has 1 saturated heterocycles. The molecule has 1 fully saturated rings. The molecule has 1 N–H and O–H groups in total. The van der Waals surface area contributed by atoms with Gasteiger partial charge in [-0.25, -0.2) is 0 Å². The molecule has 0 aliphatic carbocycles. The van der Waals surface area contributed by atoms with Crippen LogP contribution in [0.2, 0.25) is 5.02 Å². The minimum absolute atomic E-state index is 0.0232. The first-order valence-electron chi connectivity index (χ1n) is 9.55. The summed E-state index contributed by atoms with van der Waals surface area (Å²) in [6.07, 6.45) is 1.54. The molecule has 1 aliphatic heterocycles. The largest absolute Gasteiger partial charge is 0.493 e. The van der Waals surface area contributed by atoms with Crippen molar-refractivity contribution in [2.75, 3.05) is 20.8 Å². The molecule has 0 radical (unpaired) electrons. The van der Waals surface area contributed by atoms with Crippen molar-refractivity contribution in [3.8, 4) is 11.5 Å². The van der Waals surface area contributed by atoms with E-state index in [-0.39, 0.29) is 11.8 Å². The van der Waals surface area contributed by atoms with Gasteiger partial charge in [0.2, 0.25) is 11.8 Å². The number of hydrogen-bond donors (Lipinski definition) is 1. The van der Waals surface area contributed by atoms with E-state index in [0.29, 0.717) is 48.9 Å². The number of hydrogen-bond acceptors (Lipinski definition) is 4. The van der Waals surface area contributed by atoms with Gasteiger partial charge in [-0.1, -0.05) is 35.9 Å². The normalized spacial score (nSPS) is 16.0. The second-order valence-corrected chi connectivity index (χ2v) is 7.31. The van der Waals surface area contributed by atoms with E-state index >= 15 is 0 Å². The Morgan fingerprint density at radius 2 is 1.93 bits per heavy atom. The molecule has 1 aliphatic rings. The van der Waals surface area contributed by atoms with Gasteiger partial charge in [-0.15, -0.1) is 0 Å². The summed E-state index contributed by atoms with van der Waals surface area (Å²) in [5, 5.41) is 3.55. The summed E-state index contributed by atoms with van der Waals surface area (Å²) in [6.45, 7) is 0.811. The minimum Gasteiger partial charge on any atom is -0.493 e. The van der Waals surface area contributed by atoms with Gasteiger partial charge in [0.05, 0.1) is 14.2 Å². The zero-order valence-electron chi connectivity index (χ0n) is 16.6. The number of methoxy groups -OCH3 is 2. The molecule has 0 aromatic heterocycles. The van der Waals surface area contributed by atoms with E-state index < -0.39 is 6.04 Å². The van der Waals surface area contributed by atoms with Crippen molar-refractivity contribution in [3.63, 3.8) is 0 Å². The summed E-state index contributed by atoms with van der Waals surface area (Å²) in [4.78, 5) is 26.6. The molecule has 1 atom stereocenters. The second-order valence-electron chi connectivity index (χ2n) is 6.90. The van der Waals surface area contributed by atoms with E-state index in [2.05, 4.69) is 5.32 Å². The maximum atomic E-state index is 12.7. The van der Waals surface area contributed by atoms with E-state index in [0.717, 1.165) is 11.1 Å². The van der Waals surface area contributed by atoms with Crippen LogP contribution in [-0.2, 0) is 22.6 Å². The molecular formula is C22H25ClN2O4. The highest BCUT2D eigenvalue weighted by molar-refractivity contribution is 6.31. The monoisotopic (exact) mass is 416 g/mol.